The molecule has 0 spiro atoms. The number of alkyl halides is 3. The van der Waals surface area contributed by atoms with Gasteiger partial charge in [0.15, 0.2) is 0 Å². The first-order valence-electron chi connectivity index (χ1n) is 14.3. The summed E-state index contributed by atoms with van der Waals surface area (Å²) < 4.78 is 58.0. The maximum Gasteiger partial charge on any atom is 0.490 e. The summed E-state index contributed by atoms with van der Waals surface area (Å²) in [4.78, 5) is 18.1. The molecule has 1 saturated heterocycles. The molecule has 0 aliphatic carbocycles. The van der Waals surface area contributed by atoms with Crippen molar-refractivity contribution in [1.29, 1.82) is 0 Å². The number of sulfonamides is 1. The number of benzene rings is 1. The highest BCUT2D eigenvalue weighted by molar-refractivity contribution is 7.89. The number of piperidine rings is 1. The second kappa shape index (κ2) is 15.2. The van der Waals surface area contributed by atoms with E-state index in [2.05, 4.69) is 53.4 Å². The summed E-state index contributed by atoms with van der Waals surface area (Å²) in [6, 6.07) is 6.41. The Balaban J connectivity index is 0.000000676. The number of carbonyl (C=O) groups is 1. The number of aliphatic hydroxyl groups is 1. The van der Waals surface area contributed by atoms with Crippen molar-refractivity contribution < 1.29 is 36.6 Å². The molecule has 0 saturated carbocycles. The van der Waals surface area contributed by atoms with Crippen LogP contribution in [0.4, 0.5) is 13.2 Å². The highest BCUT2D eigenvalue weighted by atomic mass is 32.2. The van der Waals surface area contributed by atoms with E-state index in [-0.39, 0.29) is 11.7 Å². The van der Waals surface area contributed by atoms with Crippen molar-refractivity contribution in [3.8, 4) is 11.1 Å². The summed E-state index contributed by atoms with van der Waals surface area (Å²) >= 11 is 1.76. The van der Waals surface area contributed by atoms with E-state index >= 15 is 0 Å². The molecule has 1 unspecified atom stereocenters. The number of nitrogens with two attached hydrogens (primary N) is 1. The van der Waals surface area contributed by atoms with Gasteiger partial charge in [0.2, 0.25) is 10.0 Å². The number of aliphatic hydroxyl groups excluding tert-OH is 1. The van der Waals surface area contributed by atoms with Gasteiger partial charge in [-0.2, -0.15) is 13.2 Å². The van der Waals surface area contributed by atoms with Crippen LogP contribution in [0.15, 0.2) is 29.8 Å². The molecule has 246 valence electrons. The minimum atomic E-state index is -5.08. The van der Waals surface area contributed by atoms with Crippen molar-refractivity contribution in [2.75, 3.05) is 53.1 Å². The maximum atomic E-state index is 12.3. The number of aromatic nitrogens is 1. The van der Waals surface area contributed by atoms with Gasteiger partial charge in [-0.1, -0.05) is 0 Å². The van der Waals surface area contributed by atoms with Crippen molar-refractivity contribution in [2.45, 2.75) is 51.1 Å². The second-order valence-electron chi connectivity index (χ2n) is 11.2. The van der Waals surface area contributed by atoms with E-state index in [4.69, 9.17) is 15.6 Å². The Labute approximate surface area is 260 Å². The second-order valence-corrected chi connectivity index (χ2v) is 14.5. The highest BCUT2D eigenvalue weighted by Gasteiger charge is 2.38. The van der Waals surface area contributed by atoms with Gasteiger partial charge >= 0.3 is 12.1 Å². The number of aliphatic carboxylic acids is 1. The molecule has 44 heavy (non-hydrogen) atoms. The van der Waals surface area contributed by atoms with Crippen LogP contribution in [-0.2, 0) is 21.4 Å². The van der Waals surface area contributed by atoms with Gasteiger partial charge in [0, 0.05) is 41.7 Å². The van der Waals surface area contributed by atoms with E-state index in [0.717, 1.165) is 60.9 Å². The molecule has 2 aromatic heterocycles. The Morgan fingerprint density at radius 2 is 1.80 bits per heavy atom. The Kier molecular flexibility index (Phi) is 12.4. The Bertz CT molecular complexity index is 1500. The van der Waals surface area contributed by atoms with Gasteiger partial charge in [-0.3, -0.25) is 0 Å². The lowest BCUT2D eigenvalue weighted by molar-refractivity contribution is -0.192. The summed E-state index contributed by atoms with van der Waals surface area (Å²) in [6.07, 6.45) is -1.47. The molecule has 0 radical (unpaired) electrons. The highest BCUT2D eigenvalue weighted by Crippen LogP contribution is 2.39. The van der Waals surface area contributed by atoms with Gasteiger partial charge in [-0.25, -0.2) is 17.5 Å². The van der Waals surface area contributed by atoms with Gasteiger partial charge in [-0.05, 0) is 107 Å². The van der Waals surface area contributed by atoms with Crippen LogP contribution in [0.3, 0.4) is 0 Å². The Morgan fingerprint density at radius 3 is 2.34 bits per heavy atom. The van der Waals surface area contributed by atoms with Crippen LogP contribution in [0, 0.1) is 0 Å². The minimum absolute atomic E-state index is 0.139. The molecule has 10 nitrogen and oxygen atoms in total. The third-order valence-electron chi connectivity index (χ3n) is 7.62. The predicted octanol–water partition coefficient (Wildman–Crippen LogP) is 4.39. The molecule has 4 rings (SSSR count). The number of aromatic amines is 1. The largest absolute Gasteiger partial charge is 0.490 e. The fourth-order valence-electron chi connectivity index (χ4n) is 5.26. The van der Waals surface area contributed by atoms with Crippen LogP contribution < -0.4 is 5.73 Å². The predicted molar refractivity (Wildman–Crippen MR) is 167 cm³/mol. The average Bonchev–Trinajstić information content (AvgIpc) is 3.59. The van der Waals surface area contributed by atoms with E-state index in [1.165, 1.54) is 10.4 Å². The Morgan fingerprint density at radius 1 is 1.16 bits per heavy atom. The number of H-pyrrole nitrogens is 1. The van der Waals surface area contributed by atoms with E-state index in [1.54, 1.807) is 22.6 Å². The number of carboxylic acid groups (broad SMARTS) is 1. The first-order chi connectivity index (χ1) is 20.5. The number of fused-ring (bicyclic) bond motifs is 1. The number of rotatable bonds is 11. The molecule has 1 aromatic carbocycles. The first-order valence-corrected chi connectivity index (χ1v) is 16.8. The first kappa shape index (κ1) is 35.9. The summed E-state index contributed by atoms with van der Waals surface area (Å²) in [5.74, 6) is -2.36. The third-order valence-corrected chi connectivity index (χ3v) is 10.4. The van der Waals surface area contributed by atoms with Crippen LogP contribution in [0.2, 0.25) is 0 Å². The molecular weight excluding hydrogens is 619 g/mol. The molecule has 3 heterocycles. The number of halogens is 3. The number of hydrogen-bond donors (Lipinski definition) is 4. The SMILES string of the molecule is CCS(=O)(=O)N1CCC(c2c[nH]c3c(C(N)O)cc(-c4csc(CN(C)CCCN(C)C)c4)cc23)CC1.O=C(O)C(F)(F)F. The van der Waals surface area contributed by atoms with Crippen LogP contribution in [0.25, 0.3) is 22.0 Å². The van der Waals surface area contributed by atoms with Gasteiger partial charge in [-0.15, -0.1) is 11.3 Å². The van der Waals surface area contributed by atoms with Gasteiger partial charge in [0.05, 0.1) is 11.3 Å². The monoisotopic (exact) mass is 661 g/mol. The molecule has 1 fully saturated rings. The maximum absolute atomic E-state index is 12.3. The average molecular weight is 662 g/mol. The van der Waals surface area contributed by atoms with Gasteiger partial charge in [0.25, 0.3) is 0 Å². The zero-order valence-corrected chi connectivity index (χ0v) is 27.0. The quantitative estimate of drug-likeness (QED) is 0.222. The van der Waals surface area contributed by atoms with Gasteiger partial charge in [0.1, 0.15) is 6.23 Å². The van der Waals surface area contributed by atoms with Crippen LogP contribution in [-0.4, -0.2) is 103 Å². The smallest absolute Gasteiger partial charge is 0.475 e. The summed E-state index contributed by atoms with van der Waals surface area (Å²) in [7, 11) is 3.20. The van der Waals surface area contributed by atoms with Crippen molar-refractivity contribution in [2.24, 2.45) is 5.73 Å². The van der Waals surface area contributed by atoms with Crippen LogP contribution in [0.1, 0.15) is 54.3 Å². The van der Waals surface area contributed by atoms with Gasteiger partial charge < -0.3 is 30.7 Å². The number of hydrogen-bond acceptors (Lipinski definition) is 8. The lowest BCUT2D eigenvalue weighted by Gasteiger charge is -2.31. The molecule has 1 aliphatic rings. The van der Waals surface area contributed by atoms with Crippen molar-refractivity contribution in [3.63, 3.8) is 0 Å². The number of thiophene rings is 1. The fraction of sp³-hybridized carbons (Fsp3) is 0.552. The zero-order valence-electron chi connectivity index (χ0n) is 25.4. The third kappa shape index (κ3) is 9.49. The Hall–Kier alpha value is -2.53. The molecule has 5 N–H and O–H groups in total. The number of carboxylic acids is 1. The van der Waals surface area contributed by atoms with E-state index in [0.29, 0.717) is 18.7 Å². The molecule has 1 aliphatic heterocycles. The normalized spacial score (nSPS) is 16.0. The van der Waals surface area contributed by atoms with E-state index in [1.807, 2.05) is 12.3 Å². The number of nitrogens with one attached hydrogen (secondary N) is 1. The van der Waals surface area contributed by atoms with Crippen LogP contribution >= 0.6 is 11.3 Å². The summed E-state index contributed by atoms with van der Waals surface area (Å²) in [6.45, 7) is 5.80. The van der Waals surface area contributed by atoms with Crippen molar-refractivity contribution in [1.82, 2.24) is 19.1 Å². The van der Waals surface area contributed by atoms with E-state index < -0.39 is 28.4 Å². The topological polar surface area (TPSA) is 143 Å². The molecule has 3 aromatic rings. The molecular formula is C29H42F3N5O5S2. The zero-order chi connectivity index (χ0) is 32.8. The van der Waals surface area contributed by atoms with Crippen molar-refractivity contribution in [3.05, 3.63) is 45.8 Å². The minimum Gasteiger partial charge on any atom is -0.475 e. The fourth-order valence-corrected chi connectivity index (χ4v) is 7.37. The van der Waals surface area contributed by atoms with Crippen molar-refractivity contribution >= 4 is 38.2 Å². The molecule has 15 heteroatoms. The van der Waals surface area contributed by atoms with Crippen LogP contribution in [0.5, 0.6) is 0 Å². The summed E-state index contributed by atoms with van der Waals surface area (Å²) in [5.41, 5.74) is 10.9. The molecule has 0 amide bonds. The number of nitrogens with zero attached hydrogens (tertiary/aromatic N) is 3. The molecule has 0 bridgehead atoms. The standard InChI is InChI=1S/C27H41N5O3S2.C2HF3O2/c1-5-37(34,35)32-11-7-19(8-12-32)25-16-29-26-23(25)14-20(15-24(26)27(28)33)21-13-22(36-18-21)17-31(4)10-6-9-30(2)3;3-2(4,5)1(6)7/h13-16,18-19,27,29,33H,5-12,17,28H2,1-4H3;(H,6,7). The molecule has 1 atom stereocenters. The van der Waals surface area contributed by atoms with E-state index in [9.17, 15) is 26.7 Å². The lowest BCUT2D eigenvalue weighted by atomic mass is 9.88. The summed E-state index contributed by atoms with van der Waals surface area (Å²) in [5, 5.41) is 20.7. The lowest BCUT2D eigenvalue weighted by Crippen LogP contribution is -2.38.